The molecule has 0 unspecified atom stereocenters. The third kappa shape index (κ3) is 5.09. The van der Waals surface area contributed by atoms with Crippen molar-refractivity contribution in [2.24, 2.45) is 0 Å². The van der Waals surface area contributed by atoms with Crippen molar-refractivity contribution in [3.63, 3.8) is 0 Å². The Bertz CT molecular complexity index is 966. The standard InChI is InChI=1S/C20H17ClN4O2/c21-17-4-2-15(3-5-17)19-7-6-18(27-19)12-16(13-22)20(26)24-8-1-10-25-11-9-23-14-25/h2-7,9,11-12,14H,1,8,10H2,(H,24,26)/b16-12+. The largest absolute Gasteiger partial charge is 0.457 e. The van der Waals surface area contributed by atoms with Crippen LogP contribution in [0.25, 0.3) is 17.4 Å². The minimum absolute atomic E-state index is 0.00497. The molecular weight excluding hydrogens is 364 g/mol. The highest BCUT2D eigenvalue weighted by molar-refractivity contribution is 6.30. The molecular formula is C20H17ClN4O2. The van der Waals surface area contributed by atoms with Crippen LogP contribution >= 0.6 is 11.6 Å². The molecule has 7 heteroatoms. The van der Waals surface area contributed by atoms with Crippen LogP contribution in [0.2, 0.25) is 5.02 Å². The van der Waals surface area contributed by atoms with Crippen molar-refractivity contribution in [3.05, 3.63) is 71.5 Å². The molecule has 0 spiro atoms. The lowest BCUT2D eigenvalue weighted by Gasteiger charge is -2.04. The molecule has 3 aromatic rings. The molecule has 0 atom stereocenters. The quantitative estimate of drug-likeness (QED) is 0.382. The van der Waals surface area contributed by atoms with Crippen LogP contribution in [-0.2, 0) is 11.3 Å². The van der Waals surface area contributed by atoms with Gasteiger partial charge in [-0.05, 0) is 42.8 Å². The van der Waals surface area contributed by atoms with E-state index in [1.807, 2.05) is 29.0 Å². The van der Waals surface area contributed by atoms with Gasteiger partial charge in [-0.25, -0.2) is 4.98 Å². The molecule has 6 nitrogen and oxygen atoms in total. The third-order valence-electron chi connectivity index (χ3n) is 3.85. The Morgan fingerprint density at radius 3 is 2.81 bits per heavy atom. The number of carbonyl (C=O) groups is 1. The normalized spacial score (nSPS) is 11.2. The van der Waals surface area contributed by atoms with Gasteiger partial charge in [0, 0.05) is 42.1 Å². The molecule has 2 aromatic heterocycles. The van der Waals surface area contributed by atoms with E-state index in [1.54, 1.807) is 36.8 Å². The van der Waals surface area contributed by atoms with Gasteiger partial charge < -0.3 is 14.3 Å². The van der Waals surface area contributed by atoms with Gasteiger partial charge in [0.15, 0.2) is 0 Å². The number of halogens is 1. The van der Waals surface area contributed by atoms with E-state index in [9.17, 15) is 10.1 Å². The first-order chi connectivity index (χ1) is 13.2. The summed E-state index contributed by atoms with van der Waals surface area (Å²) in [5.74, 6) is 0.647. The third-order valence-corrected chi connectivity index (χ3v) is 4.10. The number of rotatable bonds is 7. The fourth-order valence-corrected chi connectivity index (χ4v) is 2.59. The number of hydrogen-bond acceptors (Lipinski definition) is 4. The molecule has 3 rings (SSSR count). The summed E-state index contributed by atoms with van der Waals surface area (Å²) in [7, 11) is 0. The summed E-state index contributed by atoms with van der Waals surface area (Å²) in [4.78, 5) is 16.1. The molecule has 0 aliphatic carbocycles. The molecule has 136 valence electrons. The zero-order valence-electron chi connectivity index (χ0n) is 14.4. The first kappa shape index (κ1) is 18.5. The average molecular weight is 381 g/mol. The summed E-state index contributed by atoms with van der Waals surface area (Å²) in [6.07, 6.45) is 7.46. The first-order valence-electron chi connectivity index (χ1n) is 8.37. The van der Waals surface area contributed by atoms with Crippen LogP contribution in [0, 0.1) is 11.3 Å². The molecule has 0 aliphatic rings. The molecule has 0 radical (unpaired) electrons. The fraction of sp³-hybridized carbons (Fsp3) is 0.150. The molecule has 1 N–H and O–H groups in total. The van der Waals surface area contributed by atoms with Crippen molar-refractivity contribution >= 4 is 23.6 Å². The average Bonchev–Trinajstić information content (AvgIpc) is 3.36. The maximum absolute atomic E-state index is 12.2. The lowest BCUT2D eigenvalue weighted by Crippen LogP contribution is -2.26. The Kier molecular flexibility index (Phi) is 6.08. The number of nitrogens with one attached hydrogen (secondary N) is 1. The number of imidazole rings is 1. The summed E-state index contributed by atoms with van der Waals surface area (Å²) in [5, 5.41) is 12.7. The number of hydrogen-bond donors (Lipinski definition) is 1. The van der Waals surface area contributed by atoms with Crippen molar-refractivity contribution in [3.8, 4) is 17.4 Å². The van der Waals surface area contributed by atoms with Crippen molar-refractivity contribution in [2.75, 3.05) is 6.54 Å². The van der Waals surface area contributed by atoms with E-state index in [0.29, 0.717) is 23.1 Å². The van der Waals surface area contributed by atoms with Gasteiger partial charge in [0.2, 0.25) is 0 Å². The number of amides is 1. The highest BCUT2D eigenvalue weighted by atomic mass is 35.5. The summed E-state index contributed by atoms with van der Waals surface area (Å²) in [5.41, 5.74) is 0.858. The fourth-order valence-electron chi connectivity index (χ4n) is 2.47. The Morgan fingerprint density at radius 1 is 1.30 bits per heavy atom. The van der Waals surface area contributed by atoms with E-state index < -0.39 is 5.91 Å². The smallest absolute Gasteiger partial charge is 0.262 e. The lowest BCUT2D eigenvalue weighted by atomic mass is 10.2. The van der Waals surface area contributed by atoms with Crippen molar-refractivity contribution in [1.29, 1.82) is 5.26 Å². The van der Waals surface area contributed by atoms with Crippen LogP contribution in [0.5, 0.6) is 0 Å². The molecule has 0 bridgehead atoms. The van der Waals surface area contributed by atoms with Gasteiger partial charge in [0.25, 0.3) is 5.91 Å². The van der Waals surface area contributed by atoms with Crippen LogP contribution in [0.1, 0.15) is 12.2 Å². The SMILES string of the molecule is N#C/C(=C\c1ccc(-c2ccc(Cl)cc2)o1)C(=O)NCCCn1ccnc1. The highest BCUT2D eigenvalue weighted by Gasteiger charge is 2.10. The molecule has 0 fully saturated rings. The number of nitriles is 1. The molecule has 27 heavy (non-hydrogen) atoms. The second kappa shape index (κ2) is 8.88. The number of nitrogens with zero attached hydrogens (tertiary/aromatic N) is 3. The molecule has 0 saturated heterocycles. The van der Waals surface area contributed by atoms with Gasteiger partial charge in [-0.1, -0.05) is 11.6 Å². The second-order valence-electron chi connectivity index (χ2n) is 5.79. The van der Waals surface area contributed by atoms with Gasteiger partial charge in [0.1, 0.15) is 23.2 Å². The topological polar surface area (TPSA) is 83.9 Å². The van der Waals surface area contributed by atoms with E-state index in [-0.39, 0.29) is 5.57 Å². The van der Waals surface area contributed by atoms with Crippen LogP contribution in [0.15, 0.2) is 65.1 Å². The number of furan rings is 1. The zero-order valence-corrected chi connectivity index (χ0v) is 15.2. The molecule has 0 aliphatic heterocycles. The van der Waals surface area contributed by atoms with Gasteiger partial charge in [0.05, 0.1) is 6.33 Å². The number of carbonyl (C=O) groups excluding carboxylic acids is 1. The Morgan fingerprint density at radius 2 is 2.11 bits per heavy atom. The lowest BCUT2D eigenvalue weighted by molar-refractivity contribution is -0.117. The van der Waals surface area contributed by atoms with E-state index in [4.69, 9.17) is 16.0 Å². The van der Waals surface area contributed by atoms with Crippen molar-refractivity contribution < 1.29 is 9.21 Å². The molecule has 1 aromatic carbocycles. The predicted molar refractivity (Wildman–Crippen MR) is 103 cm³/mol. The van der Waals surface area contributed by atoms with E-state index in [2.05, 4.69) is 10.3 Å². The molecule has 0 saturated carbocycles. The number of aromatic nitrogens is 2. The second-order valence-corrected chi connectivity index (χ2v) is 6.23. The zero-order chi connectivity index (χ0) is 19.1. The number of aryl methyl sites for hydroxylation is 1. The summed E-state index contributed by atoms with van der Waals surface area (Å²) >= 11 is 5.88. The molecule has 2 heterocycles. The van der Waals surface area contributed by atoms with Crippen LogP contribution in [0.4, 0.5) is 0 Å². The van der Waals surface area contributed by atoms with Crippen molar-refractivity contribution in [2.45, 2.75) is 13.0 Å². The monoisotopic (exact) mass is 380 g/mol. The minimum Gasteiger partial charge on any atom is -0.457 e. The number of benzene rings is 1. The van der Waals surface area contributed by atoms with Gasteiger partial charge in [-0.3, -0.25) is 4.79 Å². The van der Waals surface area contributed by atoms with Crippen LogP contribution in [0.3, 0.4) is 0 Å². The minimum atomic E-state index is -0.424. The van der Waals surface area contributed by atoms with Gasteiger partial charge >= 0.3 is 0 Å². The Labute approximate surface area is 161 Å². The summed E-state index contributed by atoms with van der Waals surface area (Å²) < 4.78 is 7.63. The van der Waals surface area contributed by atoms with Gasteiger partial charge in [-0.15, -0.1) is 0 Å². The predicted octanol–water partition coefficient (Wildman–Crippen LogP) is 3.91. The van der Waals surface area contributed by atoms with E-state index >= 15 is 0 Å². The highest BCUT2D eigenvalue weighted by Crippen LogP contribution is 2.24. The summed E-state index contributed by atoms with van der Waals surface area (Å²) in [6.45, 7) is 1.21. The van der Waals surface area contributed by atoms with E-state index in [1.165, 1.54) is 6.08 Å². The van der Waals surface area contributed by atoms with Crippen molar-refractivity contribution in [1.82, 2.24) is 14.9 Å². The maximum Gasteiger partial charge on any atom is 0.262 e. The first-order valence-corrected chi connectivity index (χ1v) is 8.75. The molecule has 1 amide bonds. The summed E-state index contributed by atoms with van der Waals surface area (Å²) in [6, 6.07) is 12.6. The van der Waals surface area contributed by atoms with Gasteiger partial charge in [-0.2, -0.15) is 5.26 Å². The Hall–Kier alpha value is -3.30. The van der Waals surface area contributed by atoms with Crippen LogP contribution in [-0.4, -0.2) is 22.0 Å². The Balaban J connectivity index is 1.59. The maximum atomic E-state index is 12.2. The van der Waals surface area contributed by atoms with E-state index in [0.717, 1.165) is 18.5 Å². The van der Waals surface area contributed by atoms with Crippen LogP contribution < -0.4 is 5.32 Å².